The smallest absolute Gasteiger partial charge is 0.174 e. The first kappa shape index (κ1) is 17.0. The van der Waals surface area contributed by atoms with E-state index in [1.54, 1.807) is 17.6 Å². The van der Waals surface area contributed by atoms with Gasteiger partial charge in [0.15, 0.2) is 5.11 Å². The van der Waals surface area contributed by atoms with Gasteiger partial charge in [0, 0.05) is 15.6 Å². The number of thiophene rings is 1. The van der Waals surface area contributed by atoms with Crippen LogP contribution in [0.15, 0.2) is 58.5 Å². The molecule has 1 N–H and O–H groups in total. The fraction of sp³-hybridized carbons (Fsp3) is 0.167. The number of benzene rings is 1. The Labute approximate surface area is 155 Å². The summed E-state index contributed by atoms with van der Waals surface area (Å²) in [6, 6.07) is 13.7. The standard InChI is InChI=1S/C18H17ClN2OS2/c1-13-16(19)7-2-8-17(13)20-18(23)21(11-14-5-3-9-22-14)12-15-6-4-10-24-15/h2-10H,11-12H2,1H3,(H,20,23). The van der Waals surface area contributed by atoms with Crippen molar-refractivity contribution < 1.29 is 4.42 Å². The molecule has 0 spiro atoms. The van der Waals surface area contributed by atoms with E-state index in [0.29, 0.717) is 11.7 Å². The van der Waals surface area contributed by atoms with Crippen LogP contribution in [0.5, 0.6) is 0 Å². The van der Waals surface area contributed by atoms with E-state index in [2.05, 4.69) is 21.7 Å². The number of hydrogen-bond donors (Lipinski definition) is 1. The maximum absolute atomic E-state index is 6.20. The Bertz CT molecular complexity index is 764. The second-order valence-corrected chi connectivity index (χ2v) is 7.18. The van der Waals surface area contributed by atoms with Gasteiger partial charge in [-0.2, -0.15) is 0 Å². The normalized spacial score (nSPS) is 10.6. The summed E-state index contributed by atoms with van der Waals surface area (Å²) in [5, 5.41) is 6.74. The van der Waals surface area contributed by atoms with Crippen LogP contribution < -0.4 is 5.32 Å². The highest BCUT2D eigenvalue weighted by Gasteiger charge is 2.14. The van der Waals surface area contributed by atoms with Gasteiger partial charge in [0.25, 0.3) is 0 Å². The fourth-order valence-electron chi connectivity index (χ4n) is 2.32. The number of anilines is 1. The van der Waals surface area contributed by atoms with E-state index in [4.69, 9.17) is 28.2 Å². The number of rotatable bonds is 5. The molecule has 0 saturated carbocycles. The van der Waals surface area contributed by atoms with Crippen LogP contribution in [-0.4, -0.2) is 10.0 Å². The first-order valence-electron chi connectivity index (χ1n) is 7.49. The molecule has 24 heavy (non-hydrogen) atoms. The van der Waals surface area contributed by atoms with Crippen molar-refractivity contribution >= 4 is 46.0 Å². The minimum atomic E-state index is 0.607. The van der Waals surface area contributed by atoms with Gasteiger partial charge in [0.05, 0.1) is 19.4 Å². The molecule has 0 unspecified atom stereocenters. The molecule has 3 rings (SSSR count). The molecule has 124 valence electrons. The first-order chi connectivity index (χ1) is 11.6. The van der Waals surface area contributed by atoms with E-state index in [0.717, 1.165) is 28.6 Å². The minimum absolute atomic E-state index is 0.607. The molecule has 0 aliphatic carbocycles. The van der Waals surface area contributed by atoms with Gasteiger partial charge in [-0.1, -0.05) is 23.7 Å². The van der Waals surface area contributed by atoms with E-state index < -0.39 is 0 Å². The maximum atomic E-state index is 6.20. The van der Waals surface area contributed by atoms with Crippen LogP contribution in [0.25, 0.3) is 0 Å². The molecule has 2 heterocycles. The van der Waals surface area contributed by atoms with Gasteiger partial charge in [-0.25, -0.2) is 0 Å². The third kappa shape index (κ3) is 4.17. The van der Waals surface area contributed by atoms with E-state index in [1.165, 1.54) is 4.88 Å². The number of thiocarbonyl (C=S) groups is 1. The number of nitrogens with one attached hydrogen (secondary N) is 1. The van der Waals surface area contributed by atoms with E-state index in [1.807, 2.05) is 43.3 Å². The predicted octanol–water partition coefficient (Wildman–Crippen LogP) is 5.70. The van der Waals surface area contributed by atoms with Crippen molar-refractivity contribution in [3.8, 4) is 0 Å². The molecule has 0 atom stereocenters. The van der Waals surface area contributed by atoms with Crippen LogP contribution in [0.1, 0.15) is 16.2 Å². The zero-order chi connectivity index (χ0) is 16.9. The summed E-state index contributed by atoms with van der Waals surface area (Å²) >= 11 is 13.6. The Kier molecular flexibility index (Phi) is 5.56. The topological polar surface area (TPSA) is 28.4 Å². The molecule has 0 aliphatic rings. The fourth-order valence-corrected chi connectivity index (χ4v) is 3.45. The van der Waals surface area contributed by atoms with Gasteiger partial charge in [0.2, 0.25) is 0 Å². The average Bonchev–Trinajstić information content (AvgIpc) is 3.25. The van der Waals surface area contributed by atoms with Crippen molar-refractivity contribution in [3.05, 3.63) is 75.3 Å². The van der Waals surface area contributed by atoms with Crippen molar-refractivity contribution in [1.29, 1.82) is 0 Å². The van der Waals surface area contributed by atoms with Gasteiger partial charge in [-0.15, -0.1) is 11.3 Å². The summed E-state index contributed by atoms with van der Waals surface area (Å²) in [4.78, 5) is 3.33. The quantitative estimate of drug-likeness (QED) is 0.578. The van der Waals surface area contributed by atoms with Gasteiger partial charge >= 0.3 is 0 Å². The Morgan fingerprint density at radius 3 is 2.79 bits per heavy atom. The summed E-state index contributed by atoms with van der Waals surface area (Å²) in [6.45, 7) is 3.31. The zero-order valence-corrected chi connectivity index (χ0v) is 15.5. The van der Waals surface area contributed by atoms with Crippen LogP contribution >= 0.6 is 35.2 Å². The van der Waals surface area contributed by atoms with Crippen molar-refractivity contribution in [1.82, 2.24) is 4.90 Å². The second-order valence-electron chi connectivity index (χ2n) is 5.36. The lowest BCUT2D eigenvalue weighted by Crippen LogP contribution is -2.33. The third-order valence-corrected chi connectivity index (χ3v) is 5.28. The van der Waals surface area contributed by atoms with Gasteiger partial charge < -0.3 is 14.6 Å². The van der Waals surface area contributed by atoms with Crippen LogP contribution in [-0.2, 0) is 13.1 Å². The molecule has 2 aromatic heterocycles. The Hall–Kier alpha value is -1.82. The molecule has 3 aromatic rings. The molecule has 0 radical (unpaired) electrons. The molecular weight excluding hydrogens is 360 g/mol. The summed E-state index contributed by atoms with van der Waals surface area (Å²) in [5.74, 6) is 0.874. The lowest BCUT2D eigenvalue weighted by atomic mass is 10.2. The lowest BCUT2D eigenvalue weighted by molar-refractivity contribution is 0.362. The molecule has 1 aromatic carbocycles. The van der Waals surface area contributed by atoms with Crippen LogP contribution in [0.3, 0.4) is 0 Å². The largest absolute Gasteiger partial charge is 0.467 e. The molecule has 0 saturated heterocycles. The Morgan fingerprint density at radius 2 is 2.08 bits per heavy atom. The van der Waals surface area contributed by atoms with Gasteiger partial charge in [-0.3, -0.25) is 0 Å². The highest BCUT2D eigenvalue weighted by Crippen LogP contribution is 2.24. The summed E-state index contributed by atoms with van der Waals surface area (Å²) in [7, 11) is 0. The number of furan rings is 1. The van der Waals surface area contributed by atoms with E-state index in [9.17, 15) is 0 Å². The molecule has 6 heteroatoms. The molecule has 0 bridgehead atoms. The van der Waals surface area contributed by atoms with Crippen LogP contribution in [0.2, 0.25) is 5.02 Å². The molecule has 3 nitrogen and oxygen atoms in total. The average molecular weight is 377 g/mol. The highest BCUT2D eigenvalue weighted by atomic mass is 35.5. The monoisotopic (exact) mass is 376 g/mol. The Balaban J connectivity index is 1.78. The summed E-state index contributed by atoms with van der Waals surface area (Å²) in [6.07, 6.45) is 1.68. The zero-order valence-electron chi connectivity index (χ0n) is 13.2. The van der Waals surface area contributed by atoms with E-state index in [-0.39, 0.29) is 0 Å². The van der Waals surface area contributed by atoms with Crippen LogP contribution in [0.4, 0.5) is 5.69 Å². The summed E-state index contributed by atoms with van der Waals surface area (Å²) in [5.41, 5.74) is 1.90. The number of nitrogens with zero attached hydrogens (tertiary/aromatic N) is 1. The van der Waals surface area contributed by atoms with Crippen molar-refractivity contribution in [2.75, 3.05) is 5.32 Å². The lowest BCUT2D eigenvalue weighted by Gasteiger charge is -2.25. The molecule has 0 amide bonds. The second kappa shape index (κ2) is 7.83. The SMILES string of the molecule is Cc1c(Cl)cccc1NC(=S)N(Cc1ccco1)Cc1cccs1. The molecule has 0 fully saturated rings. The maximum Gasteiger partial charge on any atom is 0.174 e. The number of halogens is 1. The highest BCUT2D eigenvalue weighted by molar-refractivity contribution is 7.80. The van der Waals surface area contributed by atoms with Gasteiger partial charge in [0.1, 0.15) is 5.76 Å². The summed E-state index contributed by atoms with van der Waals surface area (Å²) < 4.78 is 5.48. The molecule has 0 aliphatic heterocycles. The molecular formula is C18H17ClN2OS2. The number of hydrogen-bond acceptors (Lipinski definition) is 3. The van der Waals surface area contributed by atoms with Crippen molar-refractivity contribution in [2.45, 2.75) is 20.0 Å². The third-order valence-electron chi connectivity index (χ3n) is 3.65. The minimum Gasteiger partial charge on any atom is -0.467 e. The first-order valence-corrected chi connectivity index (χ1v) is 9.16. The van der Waals surface area contributed by atoms with Crippen LogP contribution in [0, 0.1) is 6.92 Å². The van der Waals surface area contributed by atoms with E-state index >= 15 is 0 Å². The Morgan fingerprint density at radius 1 is 1.21 bits per heavy atom. The van der Waals surface area contributed by atoms with Gasteiger partial charge in [-0.05, 0) is 60.4 Å². The van der Waals surface area contributed by atoms with Crippen molar-refractivity contribution in [2.24, 2.45) is 0 Å². The predicted molar refractivity (Wildman–Crippen MR) is 105 cm³/mol. The van der Waals surface area contributed by atoms with Crippen molar-refractivity contribution in [3.63, 3.8) is 0 Å².